The molecule has 2 fully saturated rings. The second-order valence-electron chi connectivity index (χ2n) is 9.56. The van der Waals surface area contributed by atoms with Gasteiger partial charge in [-0.1, -0.05) is 25.8 Å². The number of carbonyl (C=O) groups is 2. The van der Waals surface area contributed by atoms with Crippen molar-refractivity contribution in [2.45, 2.75) is 57.9 Å². The lowest BCUT2D eigenvalue weighted by Gasteiger charge is -2.21. The first-order chi connectivity index (χ1) is 17.5. The molecule has 0 radical (unpaired) electrons. The first-order valence-electron chi connectivity index (χ1n) is 13.0. The average molecular weight is 494 g/mol. The van der Waals surface area contributed by atoms with Crippen molar-refractivity contribution in [3.8, 4) is 0 Å². The SMILES string of the molecule is CCCCC(NC(=O)c1ccc(N2CCCC2)c([N+](=O)[O-])c1)C(=O)Nc1cccc(N2CCCC2)c1. The molecule has 9 nitrogen and oxygen atoms in total. The van der Waals surface area contributed by atoms with Crippen molar-refractivity contribution in [1.82, 2.24) is 5.32 Å². The summed E-state index contributed by atoms with van der Waals surface area (Å²) in [5.41, 5.74) is 2.38. The molecule has 2 heterocycles. The number of anilines is 3. The van der Waals surface area contributed by atoms with Crippen molar-refractivity contribution >= 4 is 34.6 Å². The fourth-order valence-corrected chi connectivity index (χ4v) is 4.94. The third-order valence-corrected chi connectivity index (χ3v) is 6.93. The zero-order valence-electron chi connectivity index (χ0n) is 20.9. The number of hydrogen-bond acceptors (Lipinski definition) is 6. The topological polar surface area (TPSA) is 108 Å². The fourth-order valence-electron chi connectivity index (χ4n) is 4.94. The predicted octanol–water partition coefficient (Wildman–Crippen LogP) is 4.72. The maximum Gasteiger partial charge on any atom is 0.293 e. The second kappa shape index (κ2) is 11.9. The van der Waals surface area contributed by atoms with Crippen LogP contribution in [0.4, 0.5) is 22.7 Å². The highest BCUT2D eigenvalue weighted by molar-refractivity contribution is 6.02. The molecular formula is C27H35N5O4. The Balaban J connectivity index is 1.47. The number of amides is 2. The molecule has 0 aromatic heterocycles. The van der Waals surface area contributed by atoms with Crippen LogP contribution in [-0.4, -0.2) is 49.0 Å². The predicted molar refractivity (Wildman–Crippen MR) is 142 cm³/mol. The van der Waals surface area contributed by atoms with Gasteiger partial charge in [0.05, 0.1) is 4.92 Å². The summed E-state index contributed by atoms with van der Waals surface area (Å²) < 4.78 is 0. The van der Waals surface area contributed by atoms with E-state index in [1.54, 1.807) is 12.1 Å². The van der Waals surface area contributed by atoms with Gasteiger partial charge in [-0.3, -0.25) is 19.7 Å². The highest BCUT2D eigenvalue weighted by Crippen LogP contribution is 2.32. The second-order valence-corrected chi connectivity index (χ2v) is 9.56. The van der Waals surface area contributed by atoms with Crippen molar-refractivity contribution in [3.05, 3.63) is 58.1 Å². The molecule has 0 bridgehead atoms. The Morgan fingerprint density at radius 2 is 1.69 bits per heavy atom. The molecule has 2 aromatic carbocycles. The number of carbonyl (C=O) groups excluding carboxylic acids is 2. The van der Waals surface area contributed by atoms with Crippen LogP contribution in [0.5, 0.6) is 0 Å². The molecule has 2 saturated heterocycles. The van der Waals surface area contributed by atoms with Gasteiger partial charge in [-0.15, -0.1) is 0 Å². The largest absolute Gasteiger partial charge is 0.371 e. The zero-order valence-corrected chi connectivity index (χ0v) is 20.9. The summed E-state index contributed by atoms with van der Waals surface area (Å²) >= 11 is 0. The summed E-state index contributed by atoms with van der Waals surface area (Å²) in [6.07, 6.45) is 6.44. The molecule has 4 rings (SSSR count). The molecule has 0 spiro atoms. The molecule has 192 valence electrons. The van der Waals surface area contributed by atoms with E-state index in [2.05, 4.69) is 15.5 Å². The molecule has 2 amide bonds. The number of nitrogens with one attached hydrogen (secondary N) is 2. The van der Waals surface area contributed by atoms with Crippen molar-refractivity contribution in [2.75, 3.05) is 41.3 Å². The maximum absolute atomic E-state index is 13.2. The van der Waals surface area contributed by atoms with Gasteiger partial charge in [0.25, 0.3) is 11.6 Å². The van der Waals surface area contributed by atoms with Gasteiger partial charge in [0, 0.05) is 49.2 Å². The van der Waals surface area contributed by atoms with E-state index in [1.807, 2.05) is 36.1 Å². The average Bonchev–Trinajstić information content (AvgIpc) is 3.61. The first kappa shape index (κ1) is 25.5. The summed E-state index contributed by atoms with van der Waals surface area (Å²) in [4.78, 5) is 41.8. The Morgan fingerprint density at radius 1 is 1.00 bits per heavy atom. The van der Waals surface area contributed by atoms with Crippen LogP contribution in [0, 0.1) is 10.1 Å². The minimum atomic E-state index is -0.745. The van der Waals surface area contributed by atoms with E-state index in [0.717, 1.165) is 57.5 Å². The molecule has 0 saturated carbocycles. The number of nitrogens with zero attached hydrogens (tertiary/aromatic N) is 3. The van der Waals surface area contributed by atoms with Crippen molar-refractivity contribution < 1.29 is 14.5 Å². The van der Waals surface area contributed by atoms with E-state index in [9.17, 15) is 19.7 Å². The molecule has 2 N–H and O–H groups in total. The number of hydrogen-bond donors (Lipinski definition) is 2. The van der Waals surface area contributed by atoms with Crippen LogP contribution >= 0.6 is 0 Å². The van der Waals surface area contributed by atoms with E-state index in [0.29, 0.717) is 17.8 Å². The third-order valence-electron chi connectivity index (χ3n) is 6.93. The summed E-state index contributed by atoms with van der Waals surface area (Å²) in [7, 11) is 0. The fraction of sp³-hybridized carbons (Fsp3) is 0.481. The number of nitro benzene ring substituents is 1. The summed E-state index contributed by atoms with van der Waals surface area (Å²) in [5, 5.41) is 17.5. The Morgan fingerprint density at radius 3 is 2.36 bits per heavy atom. The minimum Gasteiger partial charge on any atom is -0.371 e. The number of rotatable bonds is 10. The lowest BCUT2D eigenvalue weighted by Crippen LogP contribution is -2.43. The quantitative estimate of drug-likeness (QED) is 0.366. The van der Waals surface area contributed by atoms with Gasteiger partial charge in [-0.2, -0.15) is 0 Å². The molecule has 1 atom stereocenters. The lowest BCUT2D eigenvalue weighted by atomic mass is 10.1. The molecule has 0 aliphatic carbocycles. The Labute approximate surface area is 212 Å². The Hall–Kier alpha value is -3.62. The summed E-state index contributed by atoms with van der Waals surface area (Å²) in [6, 6.07) is 11.6. The van der Waals surface area contributed by atoms with Crippen molar-refractivity contribution in [3.63, 3.8) is 0 Å². The van der Waals surface area contributed by atoms with Gasteiger partial charge in [0.1, 0.15) is 11.7 Å². The van der Waals surface area contributed by atoms with E-state index < -0.39 is 16.9 Å². The van der Waals surface area contributed by atoms with E-state index >= 15 is 0 Å². The van der Waals surface area contributed by atoms with Crippen LogP contribution < -0.4 is 20.4 Å². The summed E-state index contributed by atoms with van der Waals surface area (Å²) in [6.45, 7) is 5.58. The van der Waals surface area contributed by atoms with Crippen LogP contribution in [0.2, 0.25) is 0 Å². The molecule has 9 heteroatoms. The number of nitro groups is 1. The van der Waals surface area contributed by atoms with E-state index in [1.165, 1.54) is 18.9 Å². The van der Waals surface area contributed by atoms with E-state index in [4.69, 9.17) is 0 Å². The highest BCUT2D eigenvalue weighted by Gasteiger charge is 2.26. The van der Waals surface area contributed by atoms with Gasteiger partial charge < -0.3 is 20.4 Å². The van der Waals surface area contributed by atoms with Gasteiger partial charge in [-0.05, 0) is 62.4 Å². The van der Waals surface area contributed by atoms with Crippen LogP contribution in [0.1, 0.15) is 62.2 Å². The standard InChI is InChI=1S/C27H35N5O4/c1-2-3-11-23(27(34)28-21-9-8-10-22(19-21)30-14-4-5-15-30)29-26(33)20-12-13-24(25(18-20)32(35)36)31-16-6-7-17-31/h8-10,12-13,18-19,23H,2-7,11,14-17H2,1H3,(H,28,34)(H,29,33). The van der Waals surface area contributed by atoms with E-state index in [-0.39, 0.29) is 17.2 Å². The summed E-state index contributed by atoms with van der Waals surface area (Å²) in [5.74, 6) is -0.785. The minimum absolute atomic E-state index is 0.0853. The zero-order chi connectivity index (χ0) is 25.5. The van der Waals surface area contributed by atoms with Crippen LogP contribution in [0.15, 0.2) is 42.5 Å². The molecule has 2 aromatic rings. The molecule has 1 unspecified atom stereocenters. The molecule has 2 aliphatic rings. The smallest absolute Gasteiger partial charge is 0.293 e. The molecule has 2 aliphatic heterocycles. The monoisotopic (exact) mass is 493 g/mol. The number of benzene rings is 2. The highest BCUT2D eigenvalue weighted by atomic mass is 16.6. The van der Waals surface area contributed by atoms with Crippen LogP contribution in [-0.2, 0) is 4.79 Å². The van der Waals surface area contributed by atoms with Crippen molar-refractivity contribution in [2.24, 2.45) is 0 Å². The maximum atomic E-state index is 13.2. The van der Waals surface area contributed by atoms with Crippen LogP contribution in [0.3, 0.4) is 0 Å². The molecular weight excluding hydrogens is 458 g/mol. The number of unbranched alkanes of at least 4 members (excludes halogenated alkanes) is 1. The van der Waals surface area contributed by atoms with Crippen molar-refractivity contribution in [1.29, 1.82) is 0 Å². The third kappa shape index (κ3) is 6.13. The molecule has 36 heavy (non-hydrogen) atoms. The van der Waals surface area contributed by atoms with Gasteiger partial charge in [0.2, 0.25) is 5.91 Å². The normalized spacial score (nSPS) is 16.1. The Kier molecular flexibility index (Phi) is 8.40. The van der Waals surface area contributed by atoms with Crippen LogP contribution in [0.25, 0.3) is 0 Å². The van der Waals surface area contributed by atoms with Gasteiger partial charge in [-0.25, -0.2) is 0 Å². The van der Waals surface area contributed by atoms with Gasteiger partial charge in [0.15, 0.2) is 0 Å². The first-order valence-corrected chi connectivity index (χ1v) is 13.0. The Bertz CT molecular complexity index is 1090. The van der Waals surface area contributed by atoms with Gasteiger partial charge >= 0.3 is 0 Å². The lowest BCUT2D eigenvalue weighted by molar-refractivity contribution is -0.384.